The van der Waals surface area contributed by atoms with Crippen LogP contribution in [0.25, 0.3) is 0 Å². The molecule has 1 atom stereocenters. The second-order valence-corrected chi connectivity index (χ2v) is 6.58. The molecule has 0 unspecified atom stereocenters. The summed E-state index contributed by atoms with van der Waals surface area (Å²) < 4.78 is 43.4. The van der Waals surface area contributed by atoms with Gasteiger partial charge in [0.05, 0.1) is 12.7 Å². The van der Waals surface area contributed by atoms with E-state index in [4.69, 9.17) is 4.74 Å². The summed E-state index contributed by atoms with van der Waals surface area (Å²) in [6, 6.07) is 10.2. The van der Waals surface area contributed by atoms with Crippen LogP contribution < -0.4 is 5.32 Å². The molecule has 0 heterocycles. The lowest BCUT2D eigenvalue weighted by atomic mass is 10.0. The maximum atomic E-state index is 12.6. The summed E-state index contributed by atoms with van der Waals surface area (Å²) in [6.45, 7) is 0. The van der Waals surface area contributed by atoms with Gasteiger partial charge in [0.25, 0.3) is 5.91 Å². The van der Waals surface area contributed by atoms with E-state index in [9.17, 15) is 22.8 Å². The van der Waals surface area contributed by atoms with Crippen LogP contribution in [-0.2, 0) is 22.1 Å². The fourth-order valence-electron chi connectivity index (χ4n) is 2.27. The molecular formula is C18H15F3INO3. The number of rotatable bonds is 5. The minimum absolute atomic E-state index is 0.0228. The number of halogens is 4. The molecule has 0 aliphatic carbocycles. The molecule has 8 heteroatoms. The van der Waals surface area contributed by atoms with Crippen LogP contribution in [0.3, 0.4) is 0 Å². The number of alkyl halides is 3. The maximum Gasteiger partial charge on any atom is 0.416 e. The molecule has 4 nitrogen and oxygen atoms in total. The lowest BCUT2D eigenvalue weighted by molar-refractivity contribution is -0.142. The van der Waals surface area contributed by atoms with E-state index in [2.05, 4.69) is 27.9 Å². The minimum atomic E-state index is -4.48. The number of hydrogen-bond acceptors (Lipinski definition) is 3. The van der Waals surface area contributed by atoms with Crippen LogP contribution >= 0.6 is 22.6 Å². The van der Waals surface area contributed by atoms with Crippen molar-refractivity contribution < 1.29 is 27.5 Å². The fraction of sp³-hybridized carbons (Fsp3) is 0.222. The molecule has 0 aromatic heterocycles. The Kier molecular flexibility index (Phi) is 6.63. The highest BCUT2D eigenvalue weighted by Gasteiger charge is 2.30. The Morgan fingerprint density at radius 3 is 2.27 bits per heavy atom. The number of amides is 1. The van der Waals surface area contributed by atoms with Gasteiger partial charge < -0.3 is 10.1 Å². The summed E-state index contributed by atoms with van der Waals surface area (Å²) >= 11 is 2.11. The number of esters is 1. The molecule has 1 amide bonds. The van der Waals surface area contributed by atoms with E-state index in [0.29, 0.717) is 0 Å². The van der Waals surface area contributed by atoms with Crippen molar-refractivity contribution in [3.8, 4) is 0 Å². The second-order valence-electron chi connectivity index (χ2n) is 5.42. The molecule has 1 N–H and O–H groups in total. The van der Waals surface area contributed by atoms with E-state index in [1.165, 1.54) is 7.11 Å². The Hall–Kier alpha value is -2.10. The van der Waals surface area contributed by atoms with E-state index in [0.717, 1.165) is 33.4 Å². The fourth-order valence-corrected chi connectivity index (χ4v) is 2.88. The monoisotopic (exact) mass is 477 g/mol. The van der Waals surface area contributed by atoms with Crippen LogP contribution in [0, 0.1) is 3.57 Å². The average Bonchev–Trinajstić information content (AvgIpc) is 2.61. The van der Waals surface area contributed by atoms with Crippen LogP contribution in [0.4, 0.5) is 13.2 Å². The van der Waals surface area contributed by atoms with Crippen LogP contribution in [0.5, 0.6) is 0 Å². The normalized spacial score (nSPS) is 12.3. The highest BCUT2D eigenvalue weighted by Crippen LogP contribution is 2.29. The highest BCUT2D eigenvalue weighted by molar-refractivity contribution is 14.1. The standard InChI is InChI=1S/C18H15F3INO3/c1-26-17(25)15(10-12-4-2-3-5-14(12)22)23-16(24)11-6-8-13(9-7-11)18(19,20)21/h2-9,15H,10H2,1H3,(H,23,24)/t15-/m0/s1. The molecular weight excluding hydrogens is 462 g/mol. The number of carbonyl (C=O) groups is 2. The number of ether oxygens (including phenoxy) is 1. The predicted molar refractivity (Wildman–Crippen MR) is 97.6 cm³/mol. The van der Waals surface area contributed by atoms with Crippen LogP contribution in [0.15, 0.2) is 48.5 Å². The van der Waals surface area contributed by atoms with Crippen LogP contribution in [0.1, 0.15) is 21.5 Å². The number of methoxy groups -OCH3 is 1. The van der Waals surface area contributed by atoms with Crippen molar-refractivity contribution in [3.63, 3.8) is 0 Å². The maximum absolute atomic E-state index is 12.6. The molecule has 0 bridgehead atoms. The Bertz CT molecular complexity index is 791. The van der Waals surface area contributed by atoms with Crippen LogP contribution in [0.2, 0.25) is 0 Å². The number of hydrogen-bond donors (Lipinski definition) is 1. The van der Waals surface area contributed by atoms with Crippen LogP contribution in [-0.4, -0.2) is 25.0 Å². The van der Waals surface area contributed by atoms with Gasteiger partial charge in [-0.1, -0.05) is 18.2 Å². The highest BCUT2D eigenvalue weighted by atomic mass is 127. The lowest BCUT2D eigenvalue weighted by Crippen LogP contribution is -2.43. The summed E-state index contributed by atoms with van der Waals surface area (Å²) in [5, 5.41) is 2.52. The zero-order valence-electron chi connectivity index (χ0n) is 13.6. The Labute approximate surface area is 161 Å². The molecule has 0 saturated heterocycles. The van der Waals surface area contributed by atoms with Gasteiger partial charge in [0.15, 0.2) is 0 Å². The predicted octanol–water partition coefficient (Wildman–Crippen LogP) is 3.82. The third-order valence-electron chi connectivity index (χ3n) is 3.65. The summed E-state index contributed by atoms with van der Waals surface area (Å²) in [5.41, 5.74) is 0.0169. The van der Waals surface area contributed by atoms with Gasteiger partial charge in [0.1, 0.15) is 6.04 Å². The molecule has 0 saturated carbocycles. The third kappa shape index (κ3) is 5.20. The van der Waals surface area contributed by atoms with E-state index >= 15 is 0 Å². The van der Waals surface area contributed by atoms with Crippen molar-refractivity contribution in [1.82, 2.24) is 5.32 Å². The first-order valence-corrected chi connectivity index (χ1v) is 8.59. The van der Waals surface area contributed by atoms with Gasteiger partial charge >= 0.3 is 12.1 Å². The molecule has 0 aliphatic heterocycles. The molecule has 26 heavy (non-hydrogen) atoms. The van der Waals surface area contributed by atoms with Gasteiger partial charge in [-0.15, -0.1) is 0 Å². The molecule has 0 fully saturated rings. The zero-order chi connectivity index (χ0) is 19.3. The van der Waals surface area contributed by atoms with Crippen molar-refractivity contribution in [2.45, 2.75) is 18.6 Å². The molecule has 2 aromatic rings. The van der Waals surface area contributed by atoms with E-state index in [1.54, 1.807) is 0 Å². The van der Waals surface area contributed by atoms with Gasteiger partial charge in [-0.2, -0.15) is 13.2 Å². The third-order valence-corrected chi connectivity index (χ3v) is 4.70. The quantitative estimate of drug-likeness (QED) is 0.527. The Morgan fingerprint density at radius 2 is 1.73 bits per heavy atom. The van der Waals surface area contributed by atoms with Crippen molar-refractivity contribution in [1.29, 1.82) is 0 Å². The van der Waals surface area contributed by atoms with E-state index < -0.39 is 29.7 Å². The average molecular weight is 477 g/mol. The first kappa shape index (κ1) is 20.2. The molecule has 138 valence electrons. The largest absolute Gasteiger partial charge is 0.467 e. The summed E-state index contributed by atoms with van der Waals surface area (Å²) in [6.07, 6.45) is -4.27. The molecule has 2 aromatic carbocycles. The number of benzene rings is 2. The van der Waals surface area contributed by atoms with Crippen molar-refractivity contribution >= 4 is 34.5 Å². The molecule has 0 aliphatic rings. The second kappa shape index (κ2) is 8.52. The smallest absolute Gasteiger partial charge is 0.416 e. The first-order valence-electron chi connectivity index (χ1n) is 7.51. The molecule has 0 radical (unpaired) electrons. The van der Waals surface area contributed by atoms with Gasteiger partial charge in [-0.3, -0.25) is 4.79 Å². The summed E-state index contributed by atoms with van der Waals surface area (Å²) in [7, 11) is 1.20. The van der Waals surface area contributed by atoms with E-state index in [1.807, 2.05) is 24.3 Å². The van der Waals surface area contributed by atoms with Gasteiger partial charge in [0.2, 0.25) is 0 Å². The SMILES string of the molecule is COC(=O)[C@H](Cc1ccccc1I)NC(=O)c1ccc(C(F)(F)F)cc1. The topological polar surface area (TPSA) is 55.4 Å². The van der Waals surface area contributed by atoms with Gasteiger partial charge in [-0.25, -0.2) is 4.79 Å². The van der Waals surface area contributed by atoms with Crippen molar-refractivity contribution in [2.24, 2.45) is 0 Å². The van der Waals surface area contributed by atoms with Crippen molar-refractivity contribution in [2.75, 3.05) is 7.11 Å². The Morgan fingerprint density at radius 1 is 1.12 bits per heavy atom. The van der Waals surface area contributed by atoms with Gasteiger partial charge in [0, 0.05) is 15.6 Å². The molecule has 0 spiro atoms. The van der Waals surface area contributed by atoms with Crippen molar-refractivity contribution in [3.05, 3.63) is 68.8 Å². The lowest BCUT2D eigenvalue weighted by Gasteiger charge is -2.17. The number of nitrogens with one attached hydrogen (secondary N) is 1. The number of carbonyl (C=O) groups excluding carboxylic acids is 2. The summed E-state index contributed by atoms with van der Waals surface area (Å²) in [4.78, 5) is 24.3. The first-order chi connectivity index (χ1) is 12.2. The zero-order valence-corrected chi connectivity index (χ0v) is 15.8. The van der Waals surface area contributed by atoms with Gasteiger partial charge in [-0.05, 0) is 58.5 Å². The van der Waals surface area contributed by atoms with E-state index in [-0.39, 0.29) is 12.0 Å². The summed E-state index contributed by atoms with van der Waals surface area (Å²) in [5.74, 6) is -1.29. The Balaban J connectivity index is 2.16. The molecule has 2 rings (SSSR count). The minimum Gasteiger partial charge on any atom is -0.467 e.